The van der Waals surface area contributed by atoms with Crippen LogP contribution in [0.25, 0.3) is 0 Å². The topological polar surface area (TPSA) is 58.4 Å². The van der Waals surface area contributed by atoms with Crippen molar-refractivity contribution in [3.05, 3.63) is 52.9 Å². The molecule has 0 spiro atoms. The van der Waals surface area contributed by atoms with E-state index in [0.29, 0.717) is 12.2 Å². The van der Waals surface area contributed by atoms with Crippen molar-refractivity contribution in [1.29, 1.82) is 0 Å². The smallest absolute Gasteiger partial charge is 0.290 e. The van der Waals surface area contributed by atoms with Gasteiger partial charge in [0, 0.05) is 32.2 Å². The van der Waals surface area contributed by atoms with E-state index in [1.54, 1.807) is 13.0 Å². The van der Waals surface area contributed by atoms with Gasteiger partial charge in [0.25, 0.3) is 5.91 Å². The second-order valence-electron chi connectivity index (χ2n) is 7.47. The molecule has 5 nitrogen and oxygen atoms in total. The molecule has 2 unspecified atom stereocenters. The number of hydrogen-bond donors (Lipinski definition) is 1. The number of aryl methyl sites for hydroxylation is 1. The summed E-state index contributed by atoms with van der Waals surface area (Å²) in [6.07, 6.45) is 1.33. The molecule has 1 aliphatic heterocycles. The molecule has 1 saturated heterocycles. The Morgan fingerprint density at radius 1 is 1.20 bits per heavy atom. The van der Waals surface area contributed by atoms with Gasteiger partial charge >= 0.3 is 0 Å². The molecule has 0 radical (unpaired) electrons. The molecule has 3 rings (SSSR count). The number of benzene rings is 1. The van der Waals surface area contributed by atoms with Crippen LogP contribution < -0.4 is 5.32 Å². The van der Waals surface area contributed by atoms with Gasteiger partial charge in [-0.1, -0.05) is 43.3 Å². The molecule has 1 amide bonds. The van der Waals surface area contributed by atoms with Crippen molar-refractivity contribution in [2.45, 2.75) is 40.3 Å². The van der Waals surface area contributed by atoms with Crippen LogP contribution in [0.4, 0.5) is 0 Å². The summed E-state index contributed by atoms with van der Waals surface area (Å²) in [6, 6.07) is 10.1. The number of amides is 1. The molecule has 25 heavy (non-hydrogen) atoms. The van der Waals surface area contributed by atoms with Crippen molar-refractivity contribution < 1.29 is 9.32 Å². The molecule has 0 aliphatic carbocycles. The normalized spacial score (nSPS) is 21.2. The van der Waals surface area contributed by atoms with Gasteiger partial charge in [0.05, 0.1) is 5.69 Å². The van der Waals surface area contributed by atoms with Gasteiger partial charge in [-0.15, -0.1) is 0 Å². The highest BCUT2D eigenvalue weighted by atomic mass is 16.5. The number of carbonyl (C=O) groups is 1. The second-order valence-corrected chi connectivity index (χ2v) is 7.47. The Labute approximate surface area is 149 Å². The van der Waals surface area contributed by atoms with Crippen LogP contribution in [0.5, 0.6) is 0 Å². The quantitative estimate of drug-likeness (QED) is 0.906. The van der Waals surface area contributed by atoms with Crippen molar-refractivity contribution in [2.75, 3.05) is 13.1 Å². The lowest BCUT2D eigenvalue weighted by molar-refractivity contribution is 0.0914. The first-order chi connectivity index (χ1) is 12.0. The Morgan fingerprint density at radius 3 is 2.44 bits per heavy atom. The third kappa shape index (κ3) is 4.92. The monoisotopic (exact) mass is 341 g/mol. The molecular formula is C20H27N3O2. The highest BCUT2D eigenvalue weighted by Crippen LogP contribution is 2.22. The number of rotatable bonds is 5. The van der Waals surface area contributed by atoms with Gasteiger partial charge < -0.3 is 9.84 Å². The Hall–Kier alpha value is -2.14. The van der Waals surface area contributed by atoms with Gasteiger partial charge in [0.2, 0.25) is 5.76 Å². The Bertz CT molecular complexity index is 698. The molecule has 1 aromatic carbocycles. The van der Waals surface area contributed by atoms with E-state index in [4.69, 9.17) is 4.52 Å². The van der Waals surface area contributed by atoms with Crippen molar-refractivity contribution in [3.63, 3.8) is 0 Å². The van der Waals surface area contributed by atoms with E-state index in [9.17, 15) is 4.79 Å². The number of hydrogen-bond acceptors (Lipinski definition) is 4. The lowest BCUT2D eigenvalue weighted by Crippen LogP contribution is -2.38. The van der Waals surface area contributed by atoms with Crippen molar-refractivity contribution in [2.24, 2.45) is 11.8 Å². The fraction of sp³-hybridized carbons (Fsp3) is 0.500. The minimum Gasteiger partial charge on any atom is -0.351 e. The first kappa shape index (κ1) is 17.7. The average Bonchev–Trinajstić information content (AvgIpc) is 2.99. The van der Waals surface area contributed by atoms with Crippen LogP contribution in [0.3, 0.4) is 0 Å². The number of carbonyl (C=O) groups excluding carboxylic acids is 1. The van der Waals surface area contributed by atoms with E-state index in [0.717, 1.165) is 23.9 Å². The summed E-state index contributed by atoms with van der Waals surface area (Å²) >= 11 is 0. The SMILES string of the molecule is Cc1cc(C(=O)NCc2ccc(CN3CC(C)CC(C)C3)cc2)on1. The van der Waals surface area contributed by atoms with E-state index in [1.807, 2.05) is 0 Å². The van der Waals surface area contributed by atoms with E-state index in [-0.39, 0.29) is 11.7 Å². The summed E-state index contributed by atoms with van der Waals surface area (Å²) in [7, 11) is 0. The zero-order valence-corrected chi connectivity index (χ0v) is 15.3. The molecule has 2 aromatic rings. The lowest BCUT2D eigenvalue weighted by atomic mass is 9.91. The van der Waals surface area contributed by atoms with E-state index < -0.39 is 0 Å². The van der Waals surface area contributed by atoms with Crippen molar-refractivity contribution in [1.82, 2.24) is 15.4 Å². The first-order valence-electron chi connectivity index (χ1n) is 9.01. The van der Waals surface area contributed by atoms with E-state index >= 15 is 0 Å². The summed E-state index contributed by atoms with van der Waals surface area (Å²) in [6.45, 7) is 10.3. The summed E-state index contributed by atoms with van der Waals surface area (Å²) in [5, 5.41) is 6.59. The molecule has 1 N–H and O–H groups in total. The Kier molecular flexibility index (Phi) is 5.53. The average molecular weight is 341 g/mol. The van der Waals surface area contributed by atoms with Crippen molar-refractivity contribution in [3.8, 4) is 0 Å². The summed E-state index contributed by atoms with van der Waals surface area (Å²) in [5.74, 6) is 1.57. The van der Waals surface area contributed by atoms with E-state index in [1.165, 1.54) is 25.1 Å². The zero-order chi connectivity index (χ0) is 17.8. The summed E-state index contributed by atoms with van der Waals surface area (Å²) in [5.41, 5.74) is 3.10. The minimum absolute atomic E-state index is 0.235. The van der Waals surface area contributed by atoms with Crippen LogP contribution in [-0.4, -0.2) is 29.1 Å². The number of nitrogens with one attached hydrogen (secondary N) is 1. The number of piperidine rings is 1. The molecule has 1 aliphatic rings. The fourth-order valence-corrected chi connectivity index (χ4v) is 3.68. The largest absolute Gasteiger partial charge is 0.351 e. The Morgan fingerprint density at radius 2 is 1.84 bits per heavy atom. The van der Waals surface area contributed by atoms with Crippen LogP contribution in [0.2, 0.25) is 0 Å². The van der Waals surface area contributed by atoms with Gasteiger partial charge in [-0.3, -0.25) is 9.69 Å². The maximum absolute atomic E-state index is 12.0. The number of nitrogens with zero attached hydrogens (tertiary/aromatic N) is 2. The molecule has 1 fully saturated rings. The van der Waals surface area contributed by atoms with Crippen LogP contribution >= 0.6 is 0 Å². The predicted octanol–water partition coefficient (Wildman–Crippen LogP) is 3.39. The number of aromatic nitrogens is 1. The van der Waals surface area contributed by atoms with Crippen LogP contribution in [0.15, 0.2) is 34.9 Å². The summed E-state index contributed by atoms with van der Waals surface area (Å²) < 4.78 is 4.97. The van der Waals surface area contributed by atoms with Gasteiger partial charge in [-0.2, -0.15) is 0 Å². The van der Waals surface area contributed by atoms with Crippen LogP contribution in [0, 0.1) is 18.8 Å². The van der Waals surface area contributed by atoms with Gasteiger partial charge in [-0.05, 0) is 36.3 Å². The van der Waals surface area contributed by atoms with E-state index in [2.05, 4.69) is 53.5 Å². The molecule has 2 heterocycles. The molecule has 2 atom stereocenters. The zero-order valence-electron chi connectivity index (χ0n) is 15.3. The molecule has 0 saturated carbocycles. The first-order valence-corrected chi connectivity index (χ1v) is 9.01. The Balaban J connectivity index is 1.51. The third-order valence-electron chi connectivity index (χ3n) is 4.68. The van der Waals surface area contributed by atoms with Gasteiger partial charge in [-0.25, -0.2) is 0 Å². The highest BCUT2D eigenvalue weighted by Gasteiger charge is 2.21. The van der Waals surface area contributed by atoms with Gasteiger partial charge in [0.1, 0.15) is 0 Å². The van der Waals surface area contributed by atoms with Crippen LogP contribution in [-0.2, 0) is 13.1 Å². The predicted molar refractivity (Wildman–Crippen MR) is 97.1 cm³/mol. The maximum atomic E-state index is 12.0. The second kappa shape index (κ2) is 7.83. The lowest BCUT2D eigenvalue weighted by Gasteiger charge is -2.35. The standard InChI is InChI=1S/C20H27N3O2/c1-14-8-15(2)12-23(11-14)13-18-6-4-17(5-7-18)10-21-20(24)19-9-16(3)22-25-19/h4-7,9,14-15H,8,10-13H2,1-3H3,(H,21,24). The molecule has 134 valence electrons. The molecule has 1 aromatic heterocycles. The number of likely N-dealkylation sites (tertiary alicyclic amines) is 1. The fourth-order valence-electron chi connectivity index (χ4n) is 3.68. The summed E-state index contributed by atoms with van der Waals surface area (Å²) in [4.78, 5) is 14.5. The van der Waals surface area contributed by atoms with Gasteiger partial charge in [0.15, 0.2) is 0 Å². The van der Waals surface area contributed by atoms with Crippen LogP contribution in [0.1, 0.15) is 47.6 Å². The molecule has 5 heteroatoms. The maximum Gasteiger partial charge on any atom is 0.290 e. The highest BCUT2D eigenvalue weighted by molar-refractivity contribution is 5.91. The minimum atomic E-state index is -0.235. The molecule has 0 bridgehead atoms. The molecular weight excluding hydrogens is 314 g/mol. The van der Waals surface area contributed by atoms with Crippen molar-refractivity contribution >= 4 is 5.91 Å². The third-order valence-corrected chi connectivity index (χ3v) is 4.68.